The summed E-state index contributed by atoms with van der Waals surface area (Å²) in [5, 5.41) is 21.5. The highest BCUT2D eigenvalue weighted by molar-refractivity contribution is 5.78. The van der Waals surface area contributed by atoms with Crippen molar-refractivity contribution in [2.24, 2.45) is 5.73 Å². The molecule has 5 heteroatoms. The second-order valence-electron chi connectivity index (χ2n) is 4.79. The van der Waals surface area contributed by atoms with Crippen molar-refractivity contribution in [1.82, 2.24) is 5.32 Å². The van der Waals surface area contributed by atoms with E-state index < -0.39 is 0 Å². The van der Waals surface area contributed by atoms with E-state index >= 15 is 0 Å². The van der Waals surface area contributed by atoms with Crippen LogP contribution in [0.2, 0.25) is 0 Å². The van der Waals surface area contributed by atoms with Gasteiger partial charge in [-0.2, -0.15) is 0 Å². The highest BCUT2D eigenvalue weighted by Gasteiger charge is 2.14. The van der Waals surface area contributed by atoms with Gasteiger partial charge >= 0.3 is 0 Å². The molecule has 5 N–H and O–H groups in total. The van der Waals surface area contributed by atoms with Gasteiger partial charge in [0.2, 0.25) is 5.91 Å². The average molecular weight is 286 g/mol. The SMILES string of the molecule is NCC(=O)NC(Cc1ccc(O)cc1)c1ccc(O)cc1. The Morgan fingerprint density at radius 1 is 1.00 bits per heavy atom. The lowest BCUT2D eigenvalue weighted by Crippen LogP contribution is -2.34. The number of carbonyl (C=O) groups excluding carboxylic acids is 1. The smallest absolute Gasteiger partial charge is 0.234 e. The lowest BCUT2D eigenvalue weighted by Gasteiger charge is -2.19. The second-order valence-corrected chi connectivity index (χ2v) is 4.79. The predicted molar refractivity (Wildman–Crippen MR) is 79.9 cm³/mol. The fourth-order valence-corrected chi connectivity index (χ4v) is 2.08. The summed E-state index contributed by atoms with van der Waals surface area (Å²) >= 11 is 0. The molecule has 0 aliphatic carbocycles. The maximum absolute atomic E-state index is 11.6. The van der Waals surface area contributed by atoms with Gasteiger partial charge in [-0.25, -0.2) is 0 Å². The number of carbonyl (C=O) groups is 1. The van der Waals surface area contributed by atoms with Gasteiger partial charge in [-0.15, -0.1) is 0 Å². The Labute approximate surface area is 123 Å². The van der Waals surface area contributed by atoms with Crippen LogP contribution in [0.15, 0.2) is 48.5 Å². The summed E-state index contributed by atoms with van der Waals surface area (Å²) in [5.41, 5.74) is 7.20. The molecule has 0 radical (unpaired) electrons. The molecule has 2 aromatic rings. The van der Waals surface area contributed by atoms with Crippen LogP contribution in [0.1, 0.15) is 17.2 Å². The van der Waals surface area contributed by atoms with Gasteiger partial charge in [0.15, 0.2) is 0 Å². The van der Waals surface area contributed by atoms with Gasteiger partial charge in [0.25, 0.3) is 0 Å². The third kappa shape index (κ3) is 4.22. The van der Waals surface area contributed by atoms with Crippen LogP contribution >= 0.6 is 0 Å². The fourth-order valence-electron chi connectivity index (χ4n) is 2.08. The van der Waals surface area contributed by atoms with Crippen molar-refractivity contribution in [3.05, 3.63) is 59.7 Å². The topological polar surface area (TPSA) is 95.6 Å². The molecule has 0 aliphatic rings. The number of rotatable bonds is 5. The molecule has 0 heterocycles. The number of phenols is 2. The van der Waals surface area contributed by atoms with Gasteiger partial charge in [0.1, 0.15) is 11.5 Å². The molecule has 1 atom stereocenters. The molecule has 1 amide bonds. The molecule has 2 aromatic carbocycles. The van der Waals surface area contributed by atoms with Gasteiger partial charge in [0, 0.05) is 0 Å². The number of hydrogen-bond acceptors (Lipinski definition) is 4. The first-order valence-corrected chi connectivity index (χ1v) is 6.65. The van der Waals surface area contributed by atoms with Gasteiger partial charge in [-0.3, -0.25) is 4.79 Å². The molecule has 2 rings (SSSR count). The van der Waals surface area contributed by atoms with E-state index in [1.54, 1.807) is 48.5 Å². The first-order chi connectivity index (χ1) is 10.1. The van der Waals surface area contributed by atoms with E-state index in [0.29, 0.717) is 6.42 Å². The fraction of sp³-hybridized carbons (Fsp3) is 0.188. The van der Waals surface area contributed by atoms with Crippen molar-refractivity contribution < 1.29 is 15.0 Å². The zero-order chi connectivity index (χ0) is 15.2. The van der Waals surface area contributed by atoms with Crippen LogP contribution < -0.4 is 11.1 Å². The highest BCUT2D eigenvalue weighted by atomic mass is 16.3. The molecule has 0 saturated heterocycles. The number of phenolic OH excluding ortho intramolecular Hbond substituents is 2. The third-order valence-electron chi connectivity index (χ3n) is 3.19. The normalized spacial score (nSPS) is 11.9. The molecule has 0 saturated carbocycles. The van der Waals surface area contributed by atoms with Crippen LogP contribution in [-0.4, -0.2) is 22.7 Å². The van der Waals surface area contributed by atoms with Crippen molar-refractivity contribution in [2.75, 3.05) is 6.54 Å². The van der Waals surface area contributed by atoms with Crippen molar-refractivity contribution in [1.29, 1.82) is 0 Å². The third-order valence-corrected chi connectivity index (χ3v) is 3.19. The Bertz CT molecular complexity index is 594. The summed E-state index contributed by atoms with van der Waals surface area (Å²) in [6.07, 6.45) is 0.566. The summed E-state index contributed by atoms with van der Waals surface area (Å²) in [6.45, 7) is -0.0792. The summed E-state index contributed by atoms with van der Waals surface area (Å²) in [4.78, 5) is 11.6. The average Bonchev–Trinajstić information content (AvgIpc) is 2.49. The number of hydrogen-bond donors (Lipinski definition) is 4. The molecule has 0 spiro atoms. The summed E-state index contributed by atoms with van der Waals surface area (Å²) in [5.74, 6) is 0.130. The zero-order valence-electron chi connectivity index (χ0n) is 11.5. The number of amides is 1. The Kier molecular flexibility index (Phi) is 4.79. The molecule has 5 nitrogen and oxygen atoms in total. The molecule has 0 aliphatic heterocycles. The Morgan fingerprint density at radius 2 is 1.52 bits per heavy atom. The highest BCUT2D eigenvalue weighted by Crippen LogP contribution is 2.22. The summed E-state index contributed by atoms with van der Waals surface area (Å²) < 4.78 is 0. The molecule has 0 aromatic heterocycles. The van der Waals surface area contributed by atoms with Crippen molar-refractivity contribution in [2.45, 2.75) is 12.5 Å². The van der Waals surface area contributed by atoms with E-state index in [1.165, 1.54) is 0 Å². The van der Waals surface area contributed by atoms with E-state index in [2.05, 4.69) is 5.32 Å². The van der Waals surface area contributed by atoms with Gasteiger partial charge in [-0.05, 0) is 41.8 Å². The Balaban J connectivity index is 2.20. The van der Waals surface area contributed by atoms with E-state index in [9.17, 15) is 15.0 Å². The summed E-state index contributed by atoms with van der Waals surface area (Å²) in [6, 6.07) is 13.2. The van der Waals surface area contributed by atoms with Crippen LogP contribution in [0.4, 0.5) is 0 Å². The first-order valence-electron chi connectivity index (χ1n) is 6.65. The van der Waals surface area contributed by atoms with Crippen LogP contribution in [0.25, 0.3) is 0 Å². The van der Waals surface area contributed by atoms with E-state index in [4.69, 9.17) is 5.73 Å². The number of nitrogens with two attached hydrogens (primary N) is 1. The van der Waals surface area contributed by atoms with E-state index in [0.717, 1.165) is 11.1 Å². The molecule has 0 fully saturated rings. The summed E-state index contributed by atoms with van der Waals surface area (Å²) in [7, 11) is 0. The van der Waals surface area contributed by atoms with Crippen molar-refractivity contribution >= 4 is 5.91 Å². The zero-order valence-corrected chi connectivity index (χ0v) is 11.5. The predicted octanol–water partition coefficient (Wildman–Crippen LogP) is 1.46. The Hall–Kier alpha value is -2.53. The van der Waals surface area contributed by atoms with Crippen LogP contribution in [0, 0.1) is 0 Å². The minimum absolute atomic E-state index is 0.0792. The van der Waals surface area contributed by atoms with Crippen LogP contribution in [0.5, 0.6) is 11.5 Å². The molecule has 0 bridgehead atoms. The Morgan fingerprint density at radius 3 is 2.05 bits per heavy atom. The second kappa shape index (κ2) is 6.76. The minimum atomic E-state index is -0.244. The van der Waals surface area contributed by atoms with Crippen molar-refractivity contribution in [3.8, 4) is 11.5 Å². The lowest BCUT2D eigenvalue weighted by molar-refractivity contribution is -0.120. The first kappa shape index (κ1) is 14.9. The largest absolute Gasteiger partial charge is 0.508 e. The van der Waals surface area contributed by atoms with E-state index in [-0.39, 0.29) is 30.0 Å². The van der Waals surface area contributed by atoms with Gasteiger partial charge < -0.3 is 21.3 Å². The monoisotopic (exact) mass is 286 g/mol. The molecule has 110 valence electrons. The lowest BCUT2D eigenvalue weighted by atomic mass is 9.98. The van der Waals surface area contributed by atoms with Crippen LogP contribution in [0.3, 0.4) is 0 Å². The molecule has 21 heavy (non-hydrogen) atoms. The number of benzene rings is 2. The maximum Gasteiger partial charge on any atom is 0.234 e. The quantitative estimate of drug-likeness (QED) is 0.669. The standard InChI is InChI=1S/C16H18N2O3/c17-10-16(21)18-15(12-3-7-14(20)8-4-12)9-11-1-5-13(19)6-2-11/h1-8,15,19-20H,9-10,17H2,(H,18,21). The minimum Gasteiger partial charge on any atom is -0.508 e. The number of aromatic hydroxyl groups is 2. The maximum atomic E-state index is 11.6. The number of nitrogens with one attached hydrogen (secondary N) is 1. The van der Waals surface area contributed by atoms with E-state index in [1.807, 2.05) is 0 Å². The molecule has 1 unspecified atom stereocenters. The molecular formula is C16H18N2O3. The van der Waals surface area contributed by atoms with Gasteiger partial charge in [0.05, 0.1) is 12.6 Å². The van der Waals surface area contributed by atoms with Gasteiger partial charge in [-0.1, -0.05) is 24.3 Å². The molecular weight excluding hydrogens is 268 g/mol. The van der Waals surface area contributed by atoms with Crippen LogP contribution in [-0.2, 0) is 11.2 Å². The van der Waals surface area contributed by atoms with Crippen molar-refractivity contribution in [3.63, 3.8) is 0 Å².